The Morgan fingerprint density at radius 1 is 1.28 bits per heavy atom. The van der Waals surface area contributed by atoms with Crippen LogP contribution in [0.25, 0.3) is 0 Å². The zero-order valence-corrected chi connectivity index (χ0v) is 17.0. The Bertz CT molecular complexity index is 702. The van der Waals surface area contributed by atoms with Crippen LogP contribution in [0.3, 0.4) is 0 Å². The second kappa shape index (κ2) is 9.26. The Morgan fingerprint density at radius 2 is 1.96 bits per heavy atom. The standard InChI is InChI=1S/C17H25ClN2O3S2/c1-13(2)11-24-12-17(21)19-14-6-7-15(18)16(10-14)25(22,23)20-8-4-3-5-9-20/h6-7,10,13H,3-5,8-9,11-12H2,1-2H3,(H,19,21). The summed E-state index contributed by atoms with van der Waals surface area (Å²) in [5, 5.41) is 2.94. The number of nitrogens with zero attached hydrogens (tertiary/aromatic N) is 1. The predicted molar refractivity (Wildman–Crippen MR) is 105 cm³/mol. The number of halogens is 1. The van der Waals surface area contributed by atoms with Crippen LogP contribution in [0.2, 0.25) is 5.02 Å². The largest absolute Gasteiger partial charge is 0.325 e. The van der Waals surface area contributed by atoms with Crippen LogP contribution in [0.5, 0.6) is 0 Å². The molecule has 1 aromatic carbocycles. The Labute approximate surface area is 159 Å². The molecule has 0 saturated carbocycles. The smallest absolute Gasteiger partial charge is 0.244 e. The van der Waals surface area contributed by atoms with Gasteiger partial charge in [0.25, 0.3) is 0 Å². The maximum absolute atomic E-state index is 12.8. The number of benzene rings is 1. The van der Waals surface area contributed by atoms with Crippen LogP contribution in [0, 0.1) is 5.92 Å². The SMILES string of the molecule is CC(C)CSCC(=O)Nc1ccc(Cl)c(S(=O)(=O)N2CCCCC2)c1. The first-order valence-corrected chi connectivity index (χ1v) is 11.5. The third-order valence-electron chi connectivity index (χ3n) is 3.83. The van der Waals surface area contributed by atoms with Gasteiger partial charge < -0.3 is 5.32 Å². The van der Waals surface area contributed by atoms with Crippen LogP contribution in [0.1, 0.15) is 33.1 Å². The van der Waals surface area contributed by atoms with Gasteiger partial charge in [0.05, 0.1) is 10.8 Å². The average molecular weight is 405 g/mol. The summed E-state index contributed by atoms with van der Waals surface area (Å²) in [4.78, 5) is 12.1. The number of rotatable bonds is 7. The van der Waals surface area contributed by atoms with E-state index in [4.69, 9.17) is 11.6 Å². The predicted octanol–water partition coefficient (Wildman–Crippen LogP) is 3.84. The zero-order valence-electron chi connectivity index (χ0n) is 14.6. The summed E-state index contributed by atoms with van der Waals surface area (Å²) >= 11 is 7.69. The van der Waals surface area contributed by atoms with Crippen molar-refractivity contribution >= 4 is 45.0 Å². The third kappa shape index (κ3) is 5.88. The molecule has 0 atom stereocenters. The number of carbonyl (C=O) groups excluding carboxylic acids is 1. The van der Waals surface area contributed by atoms with Crippen molar-refractivity contribution in [3.63, 3.8) is 0 Å². The van der Waals surface area contributed by atoms with Gasteiger partial charge in [-0.15, -0.1) is 0 Å². The van der Waals surface area contributed by atoms with E-state index in [-0.39, 0.29) is 15.8 Å². The molecular weight excluding hydrogens is 380 g/mol. The van der Waals surface area contributed by atoms with E-state index in [0.29, 0.717) is 30.4 Å². The van der Waals surface area contributed by atoms with Gasteiger partial charge in [0.1, 0.15) is 4.90 Å². The molecule has 1 aliphatic heterocycles. The number of hydrogen-bond acceptors (Lipinski definition) is 4. The van der Waals surface area contributed by atoms with Crippen LogP contribution >= 0.6 is 23.4 Å². The fourth-order valence-corrected chi connectivity index (χ4v) is 5.47. The van der Waals surface area contributed by atoms with Gasteiger partial charge in [-0.2, -0.15) is 16.1 Å². The van der Waals surface area contributed by atoms with Crippen molar-refractivity contribution in [1.82, 2.24) is 4.31 Å². The van der Waals surface area contributed by atoms with E-state index >= 15 is 0 Å². The van der Waals surface area contributed by atoms with Crippen molar-refractivity contribution in [3.8, 4) is 0 Å². The molecule has 0 aliphatic carbocycles. The highest BCUT2D eigenvalue weighted by atomic mass is 35.5. The van der Waals surface area contributed by atoms with Crippen molar-refractivity contribution in [2.45, 2.75) is 38.0 Å². The molecule has 1 fully saturated rings. The van der Waals surface area contributed by atoms with Gasteiger partial charge in [-0.3, -0.25) is 4.79 Å². The highest BCUT2D eigenvalue weighted by molar-refractivity contribution is 7.99. The summed E-state index contributed by atoms with van der Waals surface area (Å²) in [6.45, 7) is 5.23. The first-order chi connectivity index (χ1) is 11.8. The van der Waals surface area contributed by atoms with E-state index < -0.39 is 10.0 Å². The Kier molecular flexibility index (Phi) is 7.61. The molecule has 8 heteroatoms. The van der Waals surface area contributed by atoms with Gasteiger partial charge in [0.15, 0.2) is 0 Å². The number of amides is 1. The molecule has 0 radical (unpaired) electrons. The number of sulfonamides is 1. The number of carbonyl (C=O) groups is 1. The van der Waals surface area contributed by atoms with Crippen LogP contribution in [-0.4, -0.2) is 43.2 Å². The molecule has 1 aliphatic rings. The molecule has 140 valence electrons. The second-order valence-corrected chi connectivity index (χ2v) is 9.91. The van der Waals surface area contributed by atoms with Gasteiger partial charge in [-0.25, -0.2) is 8.42 Å². The number of hydrogen-bond donors (Lipinski definition) is 1. The average Bonchev–Trinajstić information content (AvgIpc) is 2.57. The van der Waals surface area contributed by atoms with Gasteiger partial charge in [0.2, 0.25) is 15.9 Å². The quantitative estimate of drug-likeness (QED) is 0.749. The summed E-state index contributed by atoms with van der Waals surface area (Å²) in [6, 6.07) is 4.61. The topological polar surface area (TPSA) is 66.5 Å². The Balaban J connectivity index is 2.10. The minimum atomic E-state index is -3.63. The molecule has 0 spiro atoms. The van der Waals surface area contributed by atoms with Crippen LogP contribution in [-0.2, 0) is 14.8 Å². The maximum Gasteiger partial charge on any atom is 0.244 e. The van der Waals surface area contributed by atoms with Gasteiger partial charge in [-0.1, -0.05) is 31.9 Å². The van der Waals surface area contributed by atoms with Crippen LogP contribution < -0.4 is 5.32 Å². The minimum absolute atomic E-state index is 0.0590. The lowest BCUT2D eigenvalue weighted by atomic mass is 10.2. The van der Waals surface area contributed by atoms with Crippen LogP contribution in [0.4, 0.5) is 5.69 Å². The molecule has 5 nitrogen and oxygen atoms in total. The lowest BCUT2D eigenvalue weighted by Crippen LogP contribution is -2.35. The zero-order chi connectivity index (χ0) is 18.4. The first kappa shape index (κ1) is 20.6. The van der Waals surface area contributed by atoms with E-state index in [1.807, 2.05) is 0 Å². The van der Waals surface area contributed by atoms with E-state index in [2.05, 4.69) is 19.2 Å². The molecule has 1 amide bonds. The van der Waals surface area contributed by atoms with E-state index in [1.165, 1.54) is 16.4 Å². The summed E-state index contributed by atoms with van der Waals surface area (Å²) < 4.78 is 27.1. The van der Waals surface area contributed by atoms with Gasteiger partial charge >= 0.3 is 0 Å². The minimum Gasteiger partial charge on any atom is -0.325 e. The number of anilines is 1. The van der Waals surface area contributed by atoms with Crippen LogP contribution in [0.15, 0.2) is 23.1 Å². The van der Waals surface area contributed by atoms with Gasteiger partial charge in [-0.05, 0) is 42.7 Å². The molecule has 1 heterocycles. The normalized spacial score (nSPS) is 16.2. The molecule has 1 N–H and O–H groups in total. The van der Waals surface area contributed by atoms with Gasteiger partial charge in [0, 0.05) is 18.8 Å². The van der Waals surface area contributed by atoms with E-state index in [0.717, 1.165) is 25.0 Å². The van der Waals surface area contributed by atoms with Crippen molar-refractivity contribution in [2.24, 2.45) is 5.92 Å². The highest BCUT2D eigenvalue weighted by Crippen LogP contribution is 2.29. The molecule has 0 unspecified atom stereocenters. The highest BCUT2D eigenvalue weighted by Gasteiger charge is 2.28. The molecule has 1 aromatic rings. The molecular formula is C17H25ClN2O3S2. The monoisotopic (exact) mass is 404 g/mol. The lowest BCUT2D eigenvalue weighted by Gasteiger charge is -2.26. The fraction of sp³-hybridized carbons (Fsp3) is 0.588. The van der Waals surface area contributed by atoms with Crippen molar-refractivity contribution in [2.75, 3.05) is 29.9 Å². The molecule has 0 aromatic heterocycles. The Hall–Kier alpha value is -0.760. The number of thioether (sulfide) groups is 1. The summed E-state index contributed by atoms with van der Waals surface area (Å²) in [5.41, 5.74) is 0.454. The molecule has 0 bridgehead atoms. The molecule has 2 rings (SSSR count). The van der Waals surface area contributed by atoms with Crippen molar-refractivity contribution in [3.05, 3.63) is 23.2 Å². The third-order valence-corrected chi connectivity index (χ3v) is 7.58. The molecule has 25 heavy (non-hydrogen) atoms. The summed E-state index contributed by atoms with van der Waals surface area (Å²) in [7, 11) is -3.63. The second-order valence-electron chi connectivity index (χ2n) is 6.57. The summed E-state index contributed by atoms with van der Waals surface area (Å²) in [5.74, 6) is 1.63. The summed E-state index contributed by atoms with van der Waals surface area (Å²) in [6.07, 6.45) is 2.77. The molecule has 1 saturated heterocycles. The number of nitrogens with one attached hydrogen (secondary N) is 1. The van der Waals surface area contributed by atoms with E-state index in [9.17, 15) is 13.2 Å². The van der Waals surface area contributed by atoms with Crippen molar-refractivity contribution in [1.29, 1.82) is 0 Å². The first-order valence-electron chi connectivity index (χ1n) is 8.48. The number of piperidine rings is 1. The lowest BCUT2D eigenvalue weighted by molar-refractivity contribution is -0.113. The Morgan fingerprint density at radius 3 is 2.60 bits per heavy atom. The fourth-order valence-electron chi connectivity index (χ4n) is 2.61. The van der Waals surface area contributed by atoms with Crippen molar-refractivity contribution < 1.29 is 13.2 Å². The maximum atomic E-state index is 12.8. The van der Waals surface area contributed by atoms with E-state index in [1.54, 1.807) is 17.8 Å².